The summed E-state index contributed by atoms with van der Waals surface area (Å²) in [7, 11) is 0. The Hall–Kier alpha value is -1.94. The van der Waals surface area contributed by atoms with Gasteiger partial charge in [0, 0.05) is 16.8 Å². The van der Waals surface area contributed by atoms with Crippen LogP contribution in [0.4, 0.5) is 5.82 Å². The number of aromatic nitrogens is 2. The molecule has 1 aliphatic rings. The number of nitrogens with two attached hydrogens (primary N) is 1. The quantitative estimate of drug-likeness (QED) is 0.653. The average molecular weight is 254 g/mol. The predicted octanol–water partition coefficient (Wildman–Crippen LogP) is 2.92. The van der Waals surface area contributed by atoms with E-state index >= 15 is 0 Å². The normalized spacial score (nSPS) is 14.5. The molecule has 3 N–H and O–H groups in total. The van der Waals surface area contributed by atoms with Crippen molar-refractivity contribution >= 4 is 5.82 Å². The Balaban J connectivity index is 2.05. The van der Waals surface area contributed by atoms with Crippen LogP contribution in [-0.2, 0) is 0 Å². The predicted molar refractivity (Wildman–Crippen MR) is 76.7 cm³/mol. The Morgan fingerprint density at radius 2 is 2.00 bits per heavy atom. The summed E-state index contributed by atoms with van der Waals surface area (Å²) in [6, 6.07) is 8.51. The van der Waals surface area contributed by atoms with Gasteiger partial charge in [0.25, 0.3) is 0 Å². The summed E-state index contributed by atoms with van der Waals surface area (Å²) >= 11 is 0. The van der Waals surface area contributed by atoms with Crippen molar-refractivity contribution in [3.05, 3.63) is 41.1 Å². The fraction of sp³-hybridized carbons (Fsp3) is 0.333. The Bertz CT molecular complexity index is 618. The largest absolute Gasteiger partial charge is 0.308 e. The summed E-state index contributed by atoms with van der Waals surface area (Å²) in [6.45, 7) is 3.95. The Morgan fingerprint density at radius 3 is 2.68 bits per heavy atom. The van der Waals surface area contributed by atoms with Crippen LogP contribution in [0.5, 0.6) is 0 Å². The molecular formula is C15H18N4. The maximum atomic E-state index is 5.51. The number of hydrogen-bond acceptors (Lipinski definition) is 4. The van der Waals surface area contributed by atoms with Crippen LogP contribution in [-0.4, -0.2) is 9.97 Å². The summed E-state index contributed by atoms with van der Waals surface area (Å²) in [4.78, 5) is 9.06. The third-order valence-corrected chi connectivity index (χ3v) is 3.72. The number of nitrogens with zero attached hydrogens (tertiary/aromatic N) is 2. The lowest BCUT2D eigenvalue weighted by Crippen LogP contribution is -2.12. The molecule has 0 atom stereocenters. The third kappa shape index (κ3) is 2.31. The van der Waals surface area contributed by atoms with Gasteiger partial charge in [0.15, 0.2) is 5.82 Å². The minimum absolute atomic E-state index is 0.694. The third-order valence-electron chi connectivity index (χ3n) is 3.72. The van der Waals surface area contributed by atoms with E-state index in [2.05, 4.69) is 39.7 Å². The van der Waals surface area contributed by atoms with Crippen molar-refractivity contribution in [3.8, 4) is 11.4 Å². The smallest absolute Gasteiger partial charge is 0.161 e. The number of anilines is 1. The molecule has 1 saturated carbocycles. The number of hydrogen-bond donors (Lipinski definition) is 2. The first-order valence-electron chi connectivity index (χ1n) is 6.61. The first-order valence-corrected chi connectivity index (χ1v) is 6.61. The van der Waals surface area contributed by atoms with Crippen molar-refractivity contribution in [1.29, 1.82) is 0 Å². The van der Waals surface area contributed by atoms with Crippen LogP contribution < -0.4 is 11.3 Å². The van der Waals surface area contributed by atoms with Crippen molar-refractivity contribution in [3.63, 3.8) is 0 Å². The molecule has 1 aromatic heterocycles. The van der Waals surface area contributed by atoms with Crippen LogP contribution in [0.25, 0.3) is 11.4 Å². The van der Waals surface area contributed by atoms with Crippen LogP contribution in [0.2, 0.25) is 0 Å². The zero-order valence-electron chi connectivity index (χ0n) is 11.3. The average Bonchev–Trinajstić information content (AvgIpc) is 3.26. The number of nitrogens with one attached hydrogen (secondary N) is 1. The van der Waals surface area contributed by atoms with E-state index < -0.39 is 0 Å². The van der Waals surface area contributed by atoms with Gasteiger partial charge in [0.05, 0.1) is 0 Å². The highest BCUT2D eigenvalue weighted by molar-refractivity contribution is 5.60. The molecule has 0 spiro atoms. The van der Waals surface area contributed by atoms with Crippen LogP contribution in [0.1, 0.15) is 35.6 Å². The lowest BCUT2D eigenvalue weighted by molar-refractivity contribution is 1.05. The highest BCUT2D eigenvalue weighted by Crippen LogP contribution is 2.40. The van der Waals surface area contributed by atoms with Crippen molar-refractivity contribution < 1.29 is 0 Å². The minimum atomic E-state index is 0.694. The van der Waals surface area contributed by atoms with Crippen molar-refractivity contribution in [2.75, 3.05) is 5.43 Å². The van der Waals surface area contributed by atoms with E-state index in [0.717, 1.165) is 28.6 Å². The molecule has 1 fully saturated rings. The monoisotopic (exact) mass is 254 g/mol. The van der Waals surface area contributed by atoms with Gasteiger partial charge in [-0.05, 0) is 44.2 Å². The maximum Gasteiger partial charge on any atom is 0.161 e. The molecule has 4 heteroatoms. The second kappa shape index (κ2) is 4.63. The molecule has 0 aliphatic heterocycles. The molecule has 98 valence electrons. The molecule has 19 heavy (non-hydrogen) atoms. The molecule has 0 saturated heterocycles. The molecule has 3 rings (SSSR count). The highest BCUT2D eigenvalue weighted by atomic mass is 15.3. The summed E-state index contributed by atoms with van der Waals surface area (Å²) in [5.41, 5.74) is 7.04. The summed E-state index contributed by atoms with van der Waals surface area (Å²) in [6.07, 6.45) is 2.60. The van der Waals surface area contributed by atoms with E-state index in [9.17, 15) is 0 Å². The molecule has 1 heterocycles. The van der Waals surface area contributed by atoms with Gasteiger partial charge in [-0.15, -0.1) is 0 Å². The Labute approximate surface area is 113 Å². The van der Waals surface area contributed by atoms with Crippen LogP contribution in [0.15, 0.2) is 24.3 Å². The molecule has 1 aliphatic carbocycles. The van der Waals surface area contributed by atoms with Gasteiger partial charge in [-0.1, -0.05) is 18.2 Å². The second-order valence-electron chi connectivity index (χ2n) is 5.15. The van der Waals surface area contributed by atoms with E-state index in [1.165, 1.54) is 18.4 Å². The van der Waals surface area contributed by atoms with Gasteiger partial charge >= 0.3 is 0 Å². The lowest BCUT2D eigenvalue weighted by atomic mass is 10.1. The molecule has 1 aromatic carbocycles. The van der Waals surface area contributed by atoms with Gasteiger partial charge in [-0.25, -0.2) is 15.8 Å². The van der Waals surface area contributed by atoms with Gasteiger partial charge in [-0.2, -0.15) is 0 Å². The van der Waals surface area contributed by atoms with E-state index in [1.807, 2.05) is 13.8 Å². The number of hydrazine groups is 1. The van der Waals surface area contributed by atoms with Gasteiger partial charge in [-0.3, -0.25) is 0 Å². The highest BCUT2D eigenvalue weighted by Gasteiger charge is 2.23. The summed E-state index contributed by atoms with van der Waals surface area (Å²) in [5, 5.41) is 0. The first kappa shape index (κ1) is 12.1. The number of nitrogen functional groups attached to an aromatic ring is 1. The first-order chi connectivity index (χ1) is 9.19. The topological polar surface area (TPSA) is 63.8 Å². The van der Waals surface area contributed by atoms with Crippen molar-refractivity contribution in [2.24, 2.45) is 5.84 Å². The molecule has 0 amide bonds. The standard InChI is InChI=1S/C15H18N4/c1-9-10(2)17-15(18-14(9)19-16)13-5-3-4-12(8-13)11-6-7-11/h3-5,8,11H,6-7,16H2,1-2H3,(H,17,18,19). The van der Waals surface area contributed by atoms with Crippen LogP contribution in [0.3, 0.4) is 0 Å². The van der Waals surface area contributed by atoms with E-state index in [4.69, 9.17) is 5.84 Å². The lowest BCUT2D eigenvalue weighted by Gasteiger charge is -2.10. The molecule has 4 nitrogen and oxygen atoms in total. The summed E-state index contributed by atoms with van der Waals surface area (Å²) in [5.74, 6) is 7.68. The number of rotatable bonds is 3. The summed E-state index contributed by atoms with van der Waals surface area (Å²) < 4.78 is 0. The van der Waals surface area contributed by atoms with E-state index in [1.54, 1.807) is 0 Å². The van der Waals surface area contributed by atoms with Crippen LogP contribution >= 0.6 is 0 Å². The fourth-order valence-electron chi connectivity index (χ4n) is 2.25. The van der Waals surface area contributed by atoms with Crippen molar-refractivity contribution in [2.45, 2.75) is 32.6 Å². The minimum Gasteiger partial charge on any atom is -0.308 e. The van der Waals surface area contributed by atoms with Crippen LogP contribution in [0, 0.1) is 13.8 Å². The number of benzene rings is 1. The Morgan fingerprint density at radius 1 is 1.21 bits per heavy atom. The van der Waals surface area contributed by atoms with Gasteiger partial charge in [0.2, 0.25) is 0 Å². The second-order valence-corrected chi connectivity index (χ2v) is 5.15. The molecule has 0 bridgehead atoms. The van der Waals surface area contributed by atoms with E-state index in [0.29, 0.717) is 5.82 Å². The SMILES string of the molecule is Cc1nc(-c2cccc(C3CC3)c2)nc(NN)c1C. The molecule has 0 unspecified atom stereocenters. The Kier molecular flexibility index (Phi) is 2.95. The van der Waals surface area contributed by atoms with Crippen molar-refractivity contribution in [1.82, 2.24) is 9.97 Å². The fourth-order valence-corrected chi connectivity index (χ4v) is 2.25. The zero-order valence-corrected chi connectivity index (χ0v) is 11.3. The van der Waals surface area contributed by atoms with Gasteiger partial charge in [0.1, 0.15) is 5.82 Å². The number of aryl methyl sites for hydroxylation is 1. The molecule has 2 aromatic rings. The zero-order chi connectivity index (χ0) is 13.4. The van der Waals surface area contributed by atoms with Gasteiger partial charge < -0.3 is 5.43 Å². The molecule has 0 radical (unpaired) electrons. The maximum absolute atomic E-state index is 5.51. The van der Waals surface area contributed by atoms with E-state index in [-0.39, 0.29) is 0 Å². The molecular weight excluding hydrogens is 236 g/mol.